The highest BCUT2D eigenvalue weighted by molar-refractivity contribution is 6.03. The maximum Gasteiger partial charge on any atom is 0.449 e. The van der Waals surface area contributed by atoms with E-state index in [2.05, 4.69) is 10.6 Å². The molecule has 0 spiro atoms. The Balaban J connectivity index is 1.49. The van der Waals surface area contributed by atoms with Crippen LogP contribution in [-0.4, -0.2) is 79.0 Å². The summed E-state index contributed by atoms with van der Waals surface area (Å²) < 4.78 is 43.4. The van der Waals surface area contributed by atoms with Gasteiger partial charge in [0, 0.05) is 44.1 Å². The zero-order valence-electron chi connectivity index (χ0n) is 17.3. The minimum atomic E-state index is -4.85. The number of carbonyl (C=O) groups excluding carboxylic acids is 2. The van der Waals surface area contributed by atoms with Crippen LogP contribution in [0.3, 0.4) is 0 Å². The Hall–Kier alpha value is -3.15. The molecule has 2 saturated heterocycles. The Morgan fingerprint density at radius 1 is 1.12 bits per heavy atom. The SMILES string of the molecule is N=C1CN(C(=O)Nc2ccc(C(=O)NCC3CCOCC3)cc2)CCN1C(=N)C(F)(F)F. The molecule has 32 heavy (non-hydrogen) atoms. The summed E-state index contributed by atoms with van der Waals surface area (Å²) in [6.45, 7) is 1.26. The second-order valence-electron chi connectivity index (χ2n) is 7.64. The molecular formula is C20H25F3N6O3. The van der Waals surface area contributed by atoms with Crippen LogP contribution < -0.4 is 10.6 Å². The molecule has 12 heteroatoms. The van der Waals surface area contributed by atoms with Gasteiger partial charge in [0.15, 0.2) is 0 Å². The first-order valence-electron chi connectivity index (χ1n) is 10.2. The van der Waals surface area contributed by atoms with Gasteiger partial charge in [-0.3, -0.25) is 15.6 Å². The molecule has 1 aromatic rings. The topological polar surface area (TPSA) is 122 Å². The van der Waals surface area contributed by atoms with Crippen LogP contribution in [0.5, 0.6) is 0 Å². The molecular weight excluding hydrogens is 429 g/mol. The van der Waals surface area contributed by atoms with Crippen LogP contribution in [0.2, 0.25) is 0 Å². The molecule has 2 fully saturated rings. The van der Waals surface area contributed by atoms with Gasteiger partial charge in [-0.15, -0.1) is 0 Å². The third kappa shape index (κ3) is 5.96. The summed E-state index contributed by atoms with van der Waals surface area (Å²) in [6, 6.07) is 5.67. The van der Waals surface area contributed by atoms with Crippen LogP contribution >= 0.6 is 0 Å². The van der Waals surface area contributed by atoms with E-state index in [1.165, 1.54) is 4.90 Å². The first-order chi connectivity index (χ1) is 15.1. The second kappa shape index (κ2) is 9.98. The van der Waals surface area contributed by atoms with E-state index in [1.807, 2.05) is 0 Å². The molecule has 2 aliphatic rings. The summed E-state index contributed by atoms with van der Waals surface area (Å²) in [5.41, 5.74) is 0.851. The Morgan fingerprint density at radius 3 is 2.38 bits per heavy atom. The van der Waals surface area contributed by atoms with Gasteiger partial charge in [-0.1, -0.05) is 0 Å². The molecule has 2 aliphatic heterocycles. The lowest BCUT2D eigenvalue weighted by molar-refractivity contribution is -0.0675. The molecule has 3 amide bonds. The number of amidine groups is 2. The number of hydrogen-bond acceptors (Lipinski definition) is 5. The van der Waals surface area contributed by atoms with Crippen molar-refractivity contribution in [3.05, 3.63) is 29.8 Å². The van der Waals surface area contributed by atoms with E-state index in [0.717, 1.165) is 12.8 Å². The maximum atomic E-state index is 12.7. The summed E-state index contributed by atoms with van der Waals surface area (Å²) in [7, 11) is 0. The van der Waals surface area contributed by atoms with E-state index < -0.39 is 23.9 Å². The molecule has 0 atom stereocenters. The molecule has 0 saturated carbocycles. The summed E-state index contributed by atoms with van der Waals surface area (Å²) in [4.78, 5) is 26.4. The fraction of sp³-hybridized carbons (Fsp3) is 0.500. The van der Waals surface area contributed by atoms with Crippen LogP contribution in [0, 0.1) is 16.7 Å². The highest BCUT2D eigenvalue weighted by Gasteiger charge is 2.41. The van der Waals surface area contributed by atoms with Crippen LogP contribution in [0.1, 0.15) is 23.2 Å². The largest absolute Gasteiger partial charge is 0.449 e. The highest BCUT2D eigenvalue weighted by atomic mass is 19.4. The van der Waals surface area contributed by atoms with Crippen LogP contribution in [0.25, 0.3) is 0 Å². The smallest absolute Gasteiger partial charge is 0.381 e. The van der Waals surface area contributed by atoms with Crippen molar-refractivity contribution >= 4 is 29.3 Å². The Morgan fingerprint density at radius 2 is 1.78 bits per heavy atom. The normalized spacial score (nSPS) is 17.8. The van der Waals surface area contributed by atoms with Gasteiger partial charge in [0.05, 0.1) is 6.54 Å². The Labute approximate surface area is 182 Å². The number of rotatable bonds is 4. The van der Waals surface area contributed by atoms with Crippen molar-refractivity contribution in [2.75, 3.05) is 44.7 Å². The van der Waals surface area contributed by atoms with Crippen LogP contribution in [0.4, 0.5) is 23.7 Å². The molecule has 0 aliphatic carbocycles. The predicted octanol–water partition coefficient (Wildman–Crippen LogP) is 2.51. The molecule has 174 valence electrons. The average molecular weight is 454 g/mol. The summed E-state index contributed by atoms with van der Waals surface area (Å²) >= 11 is 0. The number of hydrogen-bond donors (Lipinski definition) is 4. The molecule has 2 heterocycles. The maximum absolute atomic E-state index is 12.7. The number of halogens is 3. The van der Waals surface area contributed by atoms with Crippen molar-refractivity contribution in [2.45, 2.75) is 19.0 Å². The predicted molar refractivity (Wildman–Crippen MR) is 111 cm³/mol. The quantitative estimate of drug-likeness (QED) is 0.413. The van der Waals surface area contributed by atoms with Crippen LogP contribution in [-0.2, 0) is 4.74 Å². The molecule has 0 unspecified atom stereocenters. The minimum absolute atomic E-state index is 0.0701. The van der Waals surface area contributed by atoms with Gasteiger partial charge in [-0.2, -0.15) is 13.2 Å². The van der Waals surface area contributed by atoms with Gasteiger partial charge in [0.1, 0.15) is 5.84 Å². The van der Waals surface area contributed by atoms with Crippen LogP contribution in [0.15, 0.2) is 24.3 Å². The number of carbonyl (C=O) groups is 2. The fourth-order valence-electron chi connectivity index (χ4n) is 3.47. The van der Waals surface area contributed by atoms with Gasteiger partial charge in [-0.25, -0.2) is 4.79 Å². The molecule has 9 nitrogen and oxygen atoms in total. The van der Waals surface area contributed by atoms with Crippen molar-refractivity contribution in [2.24, 2.45) is 5.92 Å². The van der Waals surface area contributed by atoms with Crippen molar-refractivity contribution in [3.8, 4) is 0 Å². The molecule has 0 aromatic heterocycles. The van der Waals surface area contributed by atoms with Gasteiger partial charge in [0.25, 0.3) is 5.91 Å². The zero-order valence-corrected chi connectivity index (χ0v) is 17.3. The molecule has 3 rings (SSSR count). The lowest BCUT2D eigenvalue weighted by Gasteiger charge is -2.36. The lowest BCUT2D eigenvalue weighted by atomic mass is 10.0. The first kappa shape index (κ1) is 23.5. The molecule has 1 aromatic carbocycles. The second-order valence-corrected chi connectivity index (χ2v) is 7.64. The van der Waals surface area contributed by atoms with Crippen molar-refractivity contribution in [1.82, 2.24) is 15.1 Å². The zero-order chi connectivity index (χ0) is 23.3. The van der Waals surface area contributed by atoms with E-state index in [-0.39, 0.29) is 25.5 Å². The monoisotopic (exact) mass is 454 g/mol. The number of anilines is 1. The van der Waals surface area contributed by atoms with Gasteiger partial charge >= 0.3 is 12.2 Å². The number of piperazine rings is 1. The van der Waals surface area contributed by atoms with E-state index in [1.54, 1.807) is 24.3 Å². The number of urea groups is 1. The third-order valence-corrected chi connectivity index (χ3v) is 5.38. The number of amides is 3. The van der Waals surface area contributed by atoms with Gasteiger partial charge < -0.3 is 25.2 Å². The lowest BCUT2D eigenvalue weighted by Crippen LogP contribution is -2.57. The number of nitrogens with one attached hydrogen (secondary N) is 4. The van der Waals surface area contributed by atoms with E-state index in [9.17, 15) is 22.8 Å². The Bertz CT molecular complexity index is 868. The summed E-state index contributed by atoms with van der Waals surface area (Å²) in [5, 5.41) is 20.4. The first-order valence-corrected chi connectivity index (χ1v) is 10.2. The van der Waals surface area contributed by atoms with E-state index in [4.69, 9.17) is 15.6 Å². The molecule has 0 radical (unpaired) electrons. The third-order valence-electron chi connectivity index (χ3n) is 5.38. The number of benzene rings is 1. The highest BCUT2D eigenvalue weighted by Crippen LogP contribution is 2.21. The molecule has 0 bridgehead atoms. The van der Waals surface area contributed by atoms with Crippen molar-refractivity contribution in [1.29, 1.82) is 10.8 Å². The minimum Gasteiger partial charge on any atom is -0.381 e. The van der Waals surface area contributed by atoms with Gasteiger partial charge in [-0.05, 0) is 43.0 Å². The Kier molecular flexibility index (Phi) is 7.33. The number of alkyl halides is 3. The standard InChI is InChI=1S/C20H25F3N6O3/c21-20(22,23)18(25)29-8-7-28(12-16(29)24)19(31)27-15-3-1-14(2-4-15)17(30)26-11-13-5-9-32-10-6-13/h1-4,13,24-25H,5-12H2,(H,26,30)(H,27,31). The summed E-state index contributed by atoms with van der Waals surface area (Å²) in [6.07, 6.45) is -3.03. The number of ether oxygens (including phenoxy) is 1. The van der Waals surface area contributed by atoms with Crippen molar-refractivity contribution < 1.29 is 27.5 Å². The summed E-state index contributed by atoms with van der Waals surface area (Å²) in [5.74, 6) is -1.92. The molecule has 4 N–H and O–H groups in total. The van der Waals surface area contributed by atoms with E-state index in [0.29, 0.717) is 41.8 Å². The van der Waals surface area contributed by atoms with Crippen molar-refractivity contribution in [3.63, 3.8) is 0 Å². The van der Waals surface area contributed by atoms with E-state index >= 15 is 0 Å². The number of nitrogens with zero attached hydrogens (tertiary/aromatic N) is 2. The van der Waals surface area contributed by atoms with Gasteiger partial charge in [0.2, 0.25) is 5.84 Å². The average Bonchev–Trinajstić information content (AvgIpc) is 2.77. The fourth-order valence-corrected chi connectivity index (χ4v) is 3.47.